The van der Waals surface area contributed by atoms with Gasteiger partial charge < -0.3 is 4.90 Å². The van der Waals surface area contributed by atoms with E-state index in [1.165, 1.54) is 0 Å². The minimum absolute atomic E-state index is 0.442. The molecule has 0 bridgehead atoms. The van der Waals surface area contributed by atoms with Crippen LogP contribution >= 0.6 is 0 Å². The third-order valence-corrected chi connectivity index (χ3v) is 1.88. The maximum atomic E-state index is 11.2. The van der Waals surface area contributed by atoms with Gasteiger partial charge in [-0.2, -0.15) is 0 Å². The van der Waals surface area contributed by atoms with Crippen LogP contribution in [-0.2, 0) is 4.79 Å². The molecule has 2 rings (SSSR count). The van der Waals surface area contributed by atoms with Crippen molar-refractivity contribution >= 4 is 17.4 Å². The normalized spacial score (nSPS) is 15.2. The maximum Gasteiger partial charge on any atom is 0.299 e. The van der Waals surface area contributed by atoms with Crippen LogP contribution < -0.4 is 4.90 Å². The molecule has 59 valence electrons. The summed E-state index contributed by atoms with van der Waals surface area (Å²) < 4.78 is 0. The number of hydrogen-bond acceptors (Lipinski definition) is 2. The molecular formula is C9H6NO2. The maximum absolute atomic E-state index is 11.2. The highest BCUT2D eigenvalue weighted by molar-refractivity contribution is 6.52. The van der Waals surface area contributed by atoms with Gasteiger partial charge in [0.2, 0.25) is 0 Å². The molecule has 1 aromatic carbocycles. The Kier molecular flexibility index (Phi) is 1.27. The number of ketones is 1. The summed E-state index contributed by atoms with van der Waals surface area (Å²) >= 11 is 0. The fraction of sp³-hybridized carbons (Fsp3) is 0. The Bertz CT molecular complexity index is 371. The second-order valence-electron chi connectivity index (χ2n) is 2.58. The van der Waals surface area contributed by atoms with E-state index in [4.69, 9.17) is 0 Å². The standard InChI is InChI=1S/C9H6NO2/c1-10-7-5-3-2-4-6(7)8(11)9(10)12/h2-5H,1H2. The van der Waals surface area contributed by atoms with Crippen molar-refractivity contribution in [3.05, 3.63) is 36.9 Å². The number of carbonyl (C=O) groups is 2. The first-order valence-corrected chi connectivity index (χ1v) is 3.50. The highest BCUT2D eigenvalue weighted by Gasteiger charge is 2.32. The van der Waals surface area contributed by atoms with Gasteiger partial charge in [0.15, 0.2) is 0 Å². The molecule has 1 aromatic rings. The molecular weight excluding hydrogens is 154 g/mol. The molecule has 0 saturated carbocycles. The van der Waals surface area contributed by atoms with Gasteiger partial charge in [0, 0.05) is 7.05 Å². The number of para-hydroxylation sites is 1. The van der Waals surface area contributed by atoms with Gasteiger partial charge in [-0.15, -0.1) is 0 Å². The average Bonchev–Trinajstić information content (AvgIpc) is 2.33. The van der Waals surface area contributed by atoms with E-state index in [0.29, 0.717) is 11.3 Å². The minimum Gasteiger partial charge on any atom is -0.303 e. The second-order valence-corrected chi connectivity index (χ2v) is 2.58. The van der Waals surface area contributed by atoms with Crippen molar-refractivity contribution in [1.29, 1.82) is 0 Å². The Morgan fingerprint density at radius 1 is 1.17 bits per heavy atom. The molecule has 3 nitrogen and oxygen atoms in total. The van der Waals surface area contributed by atoms with Gasteiger partial charge in [0.25, 0.3) is 11.7 Å². The van der Waals surface area contributed by atoms with E-state index in [0.717, 1.165) is 4.90 Å². The summed E-state index contributed by atoms with van der Waals surface area (Å²) in [7, 11) is 3.47. The number of benzene rings is 1. The van der Waals surface area contributed by atoms with Crippen LogP contribution in [0.3, 0.4) is 0 Å². The lowest BCUT2D eigenvalue weighted by Gasteiger charge is -2.06. The molecule has 1 aliphatic heterocycles. The molecule has 1 radical (unpaired) electrons. The van der Waals surface area contributed by atoms with Crippen LogP contribution in [-0.4, -0.2) is 11.7 Å². The highest BCUT2D eigenvalue weighted by Crippen LogP contribution is 2.26. The zero-order chi connectivity index (χ0) is 8.72. The molecule has 12 heavy (non-hydrogen) atoms. The van der Waals surface area contributed by atoms with Crippen LogP contribution in [0.5, 0.6) is 0 Å². The molecule has 0 N–H and O–H groups in total. The molecule has 0 unspecified atom stereocenters. The van der Waals surface area contributed by atoms with E-state index in [-0.39, 0.29) is 0 Å². The number of anilines is 1. The van der Waals surface area contributed by atoms with E-state index in [9.17, 15) is 9.59 Å². The zero-order valence-electron chi connectivity index (χ0n) is 6.28. The molecule has 0 aliphatic carbocycles. The molecule has 0 aromatic heterocycles. The Labute approximate surface area is 69.6 Å². The van der Waals surface area contributed by atoms with Crippen molar-refractivity contribution in [1.82, 2.24) is 0 Å². The lowest BCUT2D eigenvalue weighted by molar-refractivity contribution is -0.113. The van der Waals surface area contributed by atoms with Crippen molar-refractivity contribution in [2.45, 2.75) is 0 Å². The van der Waals surface area contributed by atoms with E-state index in [2.05, 4.69) is 7.05 Å². The van der Waals surface area contributed by atoms with E-state index in [1.807, 2.05) is 0 Å². The van der Waals surface area contributed by atoms with Crippen LogP contribution in [0.15, 0.2) is 24.3 Å². The fourth-order valence-electron chi connectivity index (χ4n) is 1.25. The first kappa shape index (κ1) is 7.03. The van der Waals surface area contributed by atoms with Crippen molar-refractivity contribution in [2.75, 3.05) is 4.90 Å². The molecule has 0 fully saturated rings. The zero-order valence-corrected chi connectivity index (χ0v) is 6.28. The van der Waals surface area contributed by atoms with E-state index in [1.54, 1.807) is 24.3 Å². The van der Waals surface area contributed by atoms with Crippen LogP contribution in [0.1, 0.15) is 10.4 Å². The predicted molar refractivity (Wildman–Crippen MR) is 43.6 cm³/mol. The molecule has 1 heterocycles. The number of hydrogen-bond donors (Lipinski definition) is 0. The number of Topliss-reactive ketones (excluding diaryl/α,β-unsaturated/α-hetero) is 1. The van der Waals surface area contributed by atoms with Crippen LogP contribution in [0.2, 0.25) is 0 Å². The fourth-order valence-corrected chi connectivity index (χ4v) is 1.25. The van der Waals surface area contributed by atoms with Gasteiger partial charge in [0.05, 0.1) is 11.3 Å². The quantitative estimate of drug-likeness (QED) is 0.531. The number of amides is 1. The Hall–Kier alpha value is -1.64. The average molecular weight is 160 g/mol. The van der Waals surface area contributed by atoms with Crippen LogP contribution in [0.25, 0.3) is 0 Å². The SMILES string of the molecule is [CH2]N1C(=O)C(=O)c2ccccc21. The van der Waals surface area contributed by atoms with Crippen molar-refractivity contribution in [2.24, 2.45) is 0 Å². The second kappa shape index (κ2) is 2.17. The first-order valence-electron chi connectivity index (χ1n) is 3.50. The van der Waals surface area contributed by atoms with E-state index < -0.39 is 11.7 Å². The lowest BCUT2D eigenvalue weighted by atomic mass is 10.1. The third kappa shape index (κ3) is 0.704. The van der Waals surface area contributed by atoms with Crippen molar-refractivity contribution in [3.63, 3.8) is 0 Å². The topological polar surface area (TPSA) is 37.4 Å². The molecule has 1 amide bonds. The molecule has 0 spiro atoms. The predicted octanol–water partition coefficient (Wildman–Crippen LogP) is 1.01. The van der Waals surface area contributed by atoms with Gasteiger partial charge >= 0.3 is 0 Å². The van der Waals surface area contributed by atoms with Gasteiger partial charge in [-0.3, -0.25) is 9.59 Å². The summed E-state index contributed by atoms with van der Waals surface area (Å²) in [5, 5.41) is 0. The summed E-state index contributed by atoms with van der Waals surface area (Å²) in [4.78, 5) is 23.4. The molecule has 0 saturated heterocycles. The van der Waals surface area contributed by atoms with Crippen LogP contribution in [0, 0.1) is 7.05 Å². The summed E-state index contributed by atoms with van der Waals surface area (Å²) in [6, 6.07) is 6.82. The summed E-state index contributed by atoms with van der Waals surface area (Å²) in [5.41, 5.74) is 1.03. The summed E-state index contributed by atoms with van der Waals surface area (Å²) in [6.45, 7) is 0. The first-order chi connectivity index (χ1) is 5.72. The number of nitrogens with zero attached hydrogens (tertiary/aromatic N) is 1. The summed E-state index contributed by atoms with van der Waals surface area (Å²) in [6.07, 6.45) is 0. The van der Waals surface area contributed by atoms with Gasteiger partial charge in [-0.1, -0.05) is 12.1 Å². The van der Waals surface area contributed by atoms with E-state index >= 15 is 0 Å². The molecule has 0 atom stereocenters. The van der Waals surface area contributed by atoms with Crippen molar-refractivity contribution in [3.8, 4) is 0 Å². The van der Waals surface area contributed by atoms with Gasteiger partial charge in [0.1, 0.15) is 0 Å². The van der Waals surface area contributed by atoms with Gasteiger partial charge in [-0.25, -0.2) is 0 Å². The lowest BCUT2D eigenvalue weighted by Crippen LogP contribution is -2.22. The van der Waals surface area contributed by atoms with Crippen molar-refractivity contribution < 1.29 is 9.59 Å². The Balaban J connectivity index is 2.67. The smallest absolute Gasteiger partial charge is 0.299 e. The minimum atomic E-state index is -0.559. The third-order valence-electron chi connectivity index (χ3n) is 1.88. The van der Waals surface area contributed by atoms with Crippen LogP contribution in [0.4, 0.5) is 5.69 Å². The Morgan fingerprint density at radius 2 is 1.83 bits per heavy atom. The molecule has 1 aliphatic rings. The number of carbonyl (C=O) groups excluding carboxylic acids is 2. The van der Waals surface area contributed by atoms with Gasteiger partial charge in [-0.05, 0) is 12.1 Å². The Morgan fingerprint density at radius 3 is 2.50 bits per heavy atom. The molecule has 3 heteroatoms. The monoisotopic (exact) mass is 160 g/mol. The number of rotatable bonds is 0. The largest absolute Gasteiger partial charge is 0.303 e. The number of fused-ring (bicyclic) bond motifs is 1. The highest BCUT2D eigenvalue weighted by atomic mass is 16.2. The summed E-state index contributed by atoms with van der Waals surface area (Å²) in [5.74, 6) is -1.03.